The second kappa shape index (κ2) is 8.69. The molecule has 1 N–H and O–H groups in total. The monoisotopic (exact) mass is 456 g/mol. The molecule has 7 heteroatoms. The highest BCUT2D eigenvalue weighted by Crippen LogP contribution is 2.39. The van der Waals surface area contributed by atoms with E-state index in [0.29, 0.717) is 38.0 Å². The van der Waals surface area contributed by atoms with Gasteiger partial charge in [0, 0.05) is 26.6 Å². The van der Waals surface area contributed by atoms with Gasteiger partial charge in [-0.1, -0.05) is 30.1 Å². The molecule has 0 fully saturated rings. The first-order valence-corrected chi connectivity index (χ1v) is 11.1. The molecule has 1 aromatic carbocycles. The maximum absolute atomic E-state index is 12.4. The Labute approximate surface area is 188 Å². The molecule has 0 radical (unpaired) electrons. The van der Waals surface area contributed by atoms with E-state index in [2.05, 4.69) is 18.3 Å². The summed E-state index contributed by atoms with van der Waals surface area (Å²) < 4.78 is 5.77. The zero-order valence-corrected chi connectivity index (χ0v) is 18.5. The Hall–Kier alpha value is -2.52. The van der Waals surface area contributed by atoms with Crippen LogP contribution in [0.3, 0.4) is 0 Å². The fraction of sp³-hybridized carbons (Fsp3) is 0.217. The van der Waals surface area contributed by atoms with Crippen LogP contribution in [0.5, 0.6) is 0 Å². The van der Waals surface area contributed by atoms with Crippen LogP contribution in [0, 0.1) is 17.2 Å². The minimum absolute atomic E-state index is 0.304. The second-order valence-corrected chi connectivity index (χ2v) is 9.33. The number of anilines is 1. The van der Waals surface area contributed by atoms with Gasteiger partial charge in [0.25, 0.3) is 0 Å². The van der Waals surface area contributed by atoms with E-state index < -0.39 is 0 Å². The molecule has 0 unspecified atom stereocenters. The molecule has 0 saturated carbocycles. The Morgan fingerprint density at radius 1 is 1.30 bits per heavy atom. The third-order valence-corrected chi connectivity index (χ3v) is 6.64. The van der Waals surface area contributed by atoms with Gasteiger partial charge >= 0.3 is 0 Å². The van der Waals surface area contributed by atoms with Crippen molar-refractivity contribution in [3.63, 3.8) is 0 Å². The first-order chi connectivity index (χ1) is 14.4. The number of benzene rings is 1. The maximum Gasteiger partial charge on any atom is 0.249 e. The molecule has 4 rings (SSSR count). The third-order valence-electron chi connectivity index (χ3n) is 5.03. The average molecular weight is 457 g/mol. The second-order valence-electron chi connectivity index (χ2n) is 7.35. The van der Waals surface area contributed by atoms with Crippen LogP contribution >= 0.6 is 34.5 Å². The van der Waals surface area contributed by atoms with E-state index in [9.17, 15) is 10.1 Å². The summed E-state index contributed by atoms with van der Waals surface area (Å²) in [4.78, 5) is 13.6. The lowest BCUT2D eigenvalue weighted by Crippen LogP contribution is -2.10. The van der Waals surface area contributed by atoms with Crippen LogP contribution in [0.2, 0.25) is 10.0 Å². The zero-order chi connectivity index (χ0) is 21.3. The molecule has 0 bridgehead atoms. The fourth-order valence-corrected chi connectivity index (χ4v) is 5.45. The van der Waals surface area contributed by atoms with Gasteiger partial charge in [-0.25, -0.2) is 0 Å². The molecule has 30 heavy (non-hydrogen) atoms. The average Bonchev–Trinajstić information content (AvgIpc) is 3.29. The lowest BCUT2D eigenvalue weighted by atomic mass is 9.89. The molecule has 0 spiro atoms. The molecule has 4 nitrogen and oxygen atoms in total. The minimum atomic E-state index is -0.304. The van der Waals surface area contributed by atoms with Crippen LogP contribution in [0.1, 0.15) is 35.1 Å². The number of nitriles is 1. The van der Waals surface area contributed by atoms with Gasteiger partial charge in [0.15, 0.2) is 0 Å². The number of halogens is 2. The van der Waals surface area contributed by atoms with E-state index in [1.54, 1.807) is 36.4 Å². The van der Waals surface area contributed by atoms with Crippen molar-refractivity contribution >= 4 is 51.5 Å². The molecule has 0 saturated heterocycles. The standard InChI is InChI=1S/C23H18Cl2N2O2S/c1-13-2-5-18-19(12-26)23(30-21(18)8-13)27-22(28)7-4-17-3-6-20(29-17)14-9-15(24)11-16(25)10-14/h3-4,6-7,9-11,13H,2,5,8H2,1H3,(H,27,28)/b7-4+/t13-/m1/s1. The summed E-state index contributed by atoms with van der Waals surface area (Å²) in [6.07, 6.45) is 5.92. The SMILES string of the molecule is C[C@@H]1CCc2c(sc(NC(=O)/C=C/c3ccc(-c4cc(Cl)cc(Cl)c4)o3)c2C#N)C1. The van der Waals surface area contributed by atoms with E-state index in [1.165, 1.54) is 22.3 Å². The van der Waals surface area contributed by atoms with Crippen molar-refractivity contribution in [2.24, 2.45) is 5.92 Å². The van der Waals surface area contributed by atoms with Crippen LogP contribution in [0.4, 0.5) is 5.00 Å². The first-order valence-electron chi connectivity index (χ1n) is 9.53. The summed E-state index contributed by atoms with van der Waals surface area (Å²) in [5.74, 6) is 1.43. The van der Waals surface area contributed by atoms with Crippen molar-refractivity contribution in [1.82, 2.24) is 0 Å². The highest BCUT2D eigenvalue weighted by molar-refractivity contribution is 7.16. The van der Waals surface area contributed by atoms with Gasteiger partial charge in [0.05, 0.1) is 5.56 Å². The highest BCUT2D eigenvalue weighted by Gasteiger charge is 2.24. The van der Waals surface area contributed by atoms with Gasteiger partial charge in [-0.15, -0.1) is 11.3 Å². The molecule has 3 aromatic rings. The van der Waals surface area contributed by atoms with Crippen LogP contribution in [0.25, 0.3) is 17.4 Å². The maximum atomic E-state index is 12.4. The molecular formula is C23H18Cl2N2O2S. The minimum Gasteiger partial charge on any atom is -0.457 e. The summed E-state index contributed by atoms with van der Waals surface area (Å²) in [6, 6.07) is 11.0. The van der Waals surface area contributed by atoms with Crippen molar-refractivity contribution in [2.45, 2.75) is 26.2 Å². The van der Waals surface area contributed by atoms with Crippen LogP contribution in [-0.4, -0.2) is 5.91 Å². The predicted molar refractivity (Wildman–Crippen MR) is 122 cm³/mol. The molecule has 1 atom stereocenters. The number of thiophene rings is 1. The number of hydrogen-bond donors (Lipinski definition) is 1. The Balaban J connectivity index is 1.48. The molecule has 1 aliphatic carbocycles. The van der Waals surface area contributed by atoms with Crippen LogP contribution < -0.4 is 5.32 Å². The normalized spacial score (nSPS) is 15.7. The Morgan fingerprint density at radius 3 is 2.80 bits per heavy atom. The van der Waals surface area contributed by atoms with Crippen LogP contribution in [-0.2, 0) is 17.6 Å². The van der Waals surface area contributed by atoms with Crippen molar-refractivity contribution in [1.29, 1.82) is 5.26 Å². The summed E-state index contributed by atoms with van der Waals surface area (Å²) in [5.41, 5.74) is 2.45. The van der Waals surface area contributed by atoms with Gasteiger partial charge < -0.3 is 9.73 Å². The van der Waals surface area contributed by atoms with E-state index in [0.717, 1.165) is 30.4 Å². The van der Waals surface area contributed by atoms with E-state index in [1.807, 2.05) is 0 Å². The van der Waals surface area contributed by atoms with E-state index in [4.69, 9.17) is 27.6 Å². The van der Waals surface area contributed by atoms with Crippen molar-refractivity contribution < 1.29 is 9.21 Å². The number of amides is 1. The molecule has 0 aliphatic heterocycles. The largest absolute Gasteiger partial charge is 0.457 e. The zero-order valence-electron chi connectivity index (χ0n) is 16.2. The number of furan rings is 1. The third kappa shape index (κ3) is 4.46. The number of carbonyl (C=O) groups excluding carboxylic acids is 1. The van der Waals surface area contributed by atoms with Gasteiger partial charge in [0.1, 0.15) is 22.6 Å². The van der Waals surface area contributed by atoms with Gasteiger partial charge in [-0.3, -0.25) is 4.79 Å². The smallest absolute Gasteiger partial charge is 0.249 e. The number of nitrogens with zero attached hydrogens (tertiary/aromatic N) is 1. The molecule has 152 valence electrons. The lowest BCUT2D eigenvalue weighted by molar-refractivity contribution is -0.111. The number of hydrogen-bond acceptors (Lipinski definition) is 4. The molecule has 1 amide bonds. The quantitative estimate of drug-likeness (QED) is 0.431. The predicted octanol–water partition coefficient (Wildman–Crippen LogP) is 6.96. The fourth-order valence-electron chi connectivity index (χ4n) is 3.56. The summed E-state index contributed by atoms with van der Waals surface area (Å²) in [5, 5.41) is 14.1. The molecule has 2 heterocycles. The van der Waals surface area contributed by atoms with E-state index >= 15 is 0 Å². The van der Waals surface area contributed by atoms with E-state index in [-0.39, 0.29) is 5.91 Å². The Morgan fingerprint density at radius 2 is 2.07 bits per heavy atom. The van der Waals surface area contributed by atoms with Gasteiger partial charge in [-0.2, -0.15) is 5.26 Å². The summed E-state index contributed by atoms with van der Waals surface area (Å²) >= 11 is 13.6. The van der Waals surface area contributed by atoms with Gasteiger partial charge in [-0.05, 0) is 67.2 Å². The van der Waals surface area contributed by atoms with Crippen molar-refractivity contribution in [3.05, 3.63) is 68.2 Å². The number of fused-ring (bicyclic) bond motifs is 1. The summed E-state index contributed by atoms with van der Waals surface area (Å²) in [6.45, 7) is 2.21. The summed E-state index contributed by atoms with van der Waals surface area (Å²) in [7, 11) is 0. The Kier molecular flexibility index (Phi) is 6.01. The molecule has 2 aromatic heterocycles. The molecule has 1 aliphatic rings. The molecular weight excluding hydrogens is 439 g/mol. The van der Waals surface area contributed by atoms with Crippen LogP contribution in [0.15, 0.2) is 40.8 Å². The Bertz CT molecular complexity index is 1170. The number of carbonyl (C=O) groups is 1. The van der Waals surface area contributed by atoms with Crippen molar-refractivity contribution in [2.75, 3.05) is 5.32 Å². The number of rotatable bonds is 4. The van der Waals surface area contributed by atoms with Gasteiger partial charge in [0.2, 0.25) is 5.91 Å². The van der Waals surface area contributed by atoms with Crippen molar-refractivity contribution in [3.8, 4) is 17.4 Å². The lowest BCUT2D eigenvalue weighted by Gasteiger charge is -2.17. The topological polar surface area (TPSA) is 66.0 Å². The first kappa shape index (κ1) is 20.7. The number of nitrogens with one attached hydrogen (secondary N) is 1. The highest BCUT2D eigenvalue weighted by atomic mass is 35.5.